The highest BCUT2D eigenvalue weighted by Gasteiger charge is 2.24. The molecule has 1 aromatic heterocycles. The van der Waals surface area contributed by atoms with Crippen molar-refractivity contribution in [2.24, 2.45) is 0 Å². The minimum Gasteiger partial charge on any atom is -0.354 e. The molecule has 0 saturated heterocycles. The molecule has 0 aliphatic rings. The van der Waals surface area contributed by atoms with Crippen molar-refractivity contribution in [2.75, 3.05) is 0 Å². The summed E-state index contributed by atoms with van der Waals surface area (Å²) in [6.45, 7) is 7.97. The third kappa shape index (κ3) is 5.18. The standard InChI is InChI=1S/C20H27N3O3/c1-13(12-20(3,4)15-8-6-5-7-9-15)21-17(24)11-10-16-14(2)22-19(26)23-18(16)25/h5-9,13H,10-12H2,1-4H3,(H,21,24)(H2,22,23,25,26)/t13-/m0/s1. The highest BCUT2D eigenvalue weighted by Crippen LogP contribution is 2.28. The Balaban J connectivity index is 1.92. The summed E-state index contributed by atoms with van der Waals surface area (Å²) in [6.07, 6.45) is 1.30. The van der Waals surface area contributed by atoms with Gasteiger partial charge in [-0.3, -0.25) is 14.6 Å². The highest BCUT2D eigenvalue weighted by molar-refractivity contribution is 5.76. The Morgan fingerprint density at radius 2 is 1.81 bits per heavy atom. The van der Waals surface area contributed by atoms with Crippen LogP contribution in [-0.4, -0.2) is 21.9 Å². The van der Waals surface area contributed by atoms with E-state index >= 15 is 0 Å². The fourth-order valence-corrected chi connectivity index (χ4v) is 3.34. The number of aryl methyl sites for hydroxylation is 1. The smallest absolute Gasteiger partial charge is 0.325 e. The van der Waals surface area contributed by atoms with Crippen LogP contribution in [0.5, 0.6) is 0 Å². The molecule has 1 atom stereocenters. The lowest BCUT2D eigenvalue weighted by atomic mass is 9.79. The Kier molecular flexibility index (Phi) is 6.18. The fraction of sp³-hybridized carbons (Fsp3) is 0.450. The Bertz CT molecular complexity index is 866. The molecule has 0 bridgehead atoms. The number of nitrogens with one attached hydrogen (secondary N) is 3. The summed E-state index contributed by atoms with van der Waals surface area (Å²) in [5, 5.41) is 3.00. The van der Waals surface area contributed by atoms with Crippen LogP contribution in [0.25, 0.3) is 0 Å². The molecule has 0 aliphatic heterocycles. The lowest BCUT2D eigenvalue weighted by Crippen LogP contribution is -2.37. The molecule has 0 unspecified atom stereocenters. The summed E-state index contributed by atoms with van der Waals surface area (Å²) in [5.41, 5.74) is 1.16. The summed E-state index contributed by atoms with van der Waals surface area (Å²) < 4.78 is 0. The lowest BCUT2D eigenvalue weighted by Gasteiger charge is -2.29. The van der Waals surface area contributed by atoms with Gasteiger partial charge in [-0.2, -0.15) is 0 Å². The van der Waals surface area contributed by atoms with Crippen molar-refractivity contribution >= 4 is 5.91 Å². The van der Waals surface area contributed by atoms with E-state index in [1.165, 1.54) is 5.56 Å². The van der Waals surface area contributed by atoms with Crippen LogP contribution >= 0.6 is 0 Å². The van der Waals surface area contributed by atoms with Crippen LogP contribution in [0.2, 0.25) is 0 Å². The second-order valence-electron chi connectivity index (χ2n) is 7.43. The first-order valence-electron chi connectivity index (χ1n) is 8.86. The molecule has 0 fully saturated rings. The molecule has 26 heavy (non-hydrogen) atoms. The molecule has 140 valence electrons. The maximum absolute atomic E-state index is 12.2. The van der Waals surface area contributed by atoms with E-state index in [1.54, 1.807) is 6.92 Å². The van der Waals surface area contributed by atoms with E-state index in [4.69, 9.17) is 0 Å². The highest BCUT2D eigenvalue weighted by atomic mass is 16.2. The number of carbonyl (C=O) groups excluding carboxylic acids is 1. The first-order valence-corrected chi connectivity index (χ1v) is 8.86. The van der Waals surface area contributed by atoms with Crippen molar-refractivity contribution in [3.8, 4) is 0 Å². The topological polar surface area (TPSA) is 94.8 Å². The monoisotopic (exact) mass is 357 g/mol. The van der Waals surface area contributed by atoms with Gasteiger partial charge in [-0.1, -0.05) is 44.2 Å². The molecule has 1 heterocycles. The molecule has 0 aliphatic carbocycles. The number of rotatable bonds is 7. The van der Waals surface area contributed by atoms with E-state index in [9.17, 15) is 14.4 Å². The molecule has 2 rings (SSSR count). The lowest BCUT2D eigenvalue weighted by molar-refractivity contribution is -0.121. The number of hydrogen-bond acceptors (Lipinski definition) is 3. The number of hydrogen-bond donors (Lipinski definition) is 3. The normalized spacial score (nSPS) is 12.6. The Morgan fingerprint density at radius 1 is 1.15 bits per heavy atom. The van der Waals surface area contributed by atoms with Crippen LogP contribution in [0, 0.1) is 6.92 Å². The zero-order valence-corrected chi connectivity index (χ0v) is 15.8. The SMILES string of the molecule is Cc1[nH]c(=O)[nH]c(=O)c1CCC(=O)N[C@@H](C)CC(C)(C)c1ccccc1. The second-order valence-corrected chi connectivity index (χ2v) is 7.43. The molecular formula is C20H27N3O3. The van der Waals surface area contributed by atoms with Crippen LogP contribution in [0.1, 0.15) is 50.4 Å². The Labute approximate surface area is 153 Å². The summed E-state index contributed by atoms with van der Waals surface area (Å²) >= 11 is 0. The minimum atomic E-state index is -0.530. The Morgan fingerprint density at radius 3 is 2.42 bits per heavy atom. The number of benzene rings is 1. The van der Waals surface area contributed by atoms with Crippen LogP contribution < -0.4 is 16.6 Å². The third-order valence-corrected chi connectivity index (χ3v) is 4.64. The van der Waals surface area contributed by atoms with Crippen molar-refractivity contribution in [1.82, 2.24) is 15.3 Å². The van der Waals surface area contributed by atoms with Gasteiger partial charge >= 0.3 is 5.69 Å². The van der Waals surface area contributed by atoms with Crippen molar-refractivity contribution < 1.29 is 4.79 Å². The van der Waals surface area contributed by atoms with Gasteiger partial charge in [0.25, 0.3) is 5.56 Å². The average Bonchev–Trinajstić information content (AvgIpc) is 2.54. The first-order chi connectivity index (χ1) is 12.2. The van der Waals surface area contributed by atoms with Crippen LogP contribution in [0.4, 0.5) is 0 Å². The van der Waals surface area contributed by atoms with Gasteiger partial charge in [0, 0.05) is 23.7 Å². The molecule has 6 nitrogen and oxygen atoms in total. The minimum absolute atomic E-state index is 0.00710. The van der Waals surface area contributed by atoms with E-state index in [1.807, 2.05) is 25.1 Å². The fourth-order valence-electron chi connectivity index (χ4n) is 3.34. The molecule has 3 N–H and O–H groups in total. The third-order valence-electron chi connectivity index (χ3n) is 4.64. The van der Waals surface area contributed by atoms with Crippen molar-refractivity contribution in [3.05, 3.63) is 68.0 Å². The maximum Gasteiger partial charge on any atom is 0.325 e. The number of carbonyl (C=O) groups is 1. The molecule has 0 radical (unpaired) electrons. The van der Waals surface area contributed by atoms with Crippen molar-refractivity contribution in [1.29, 1.82) is 0 Å². The molecule has 0 spiro atoms. The summed E-state index contributed by atoms with van der Waals surface area (Å²) in [5.74, 6) is -0.105. The second kappa shape index (κ2) is 8.17. The molecule has 0 saturated carbocycles. The van der Waals surface area contributed by atoms with E-state index in [2.05, 4.69) is 41.3 Å². The molecule has 6 heteroatoms. The van der Waals surface area contributed by atoms with Crippen molar-refractivity contribution in [3.63, 3.8) is 0 Å². The largest absolute Gasteiger partial charge is 0.354 e. The summed E-state index contributed by atoms with van der Waals surface area (Å²) in [7, 11) is 0. The maximum atomic E-state index is 12.2. The zero-order valence-electron chi connectivity index (χ0n) is 15.8. The summed E-state index contributed by atoms with van der Waals surface area (Å²) in [6, 6.07) is 10.2. The quantitative estimate of drug-likeness (QED) is 0.709. The predicted octanol–water partition coefficient (Wildman–Crippen LogP) is 2.18. The first kappa shape index (κ1) is 19.7. The number of aromatic amines is 2. The predicted molar refractivity (Wildman–Crippen MR) is 102 cm³/mol. The molecule has 1 aromatic carbocycles. The van der Waals surface area contributed by atoms with Gasteiger partial charge < -0.3 is 10.3 Å². The van der Waals surface area contributed by atoms with Crippen LogP contribution in [-0.2, 0) is 16.6 Å². The van der Waals surface area contributed by atoms with Gasteiger partial charge in [0.15, 0.2) is 0 Å². The van der Waals surface area contributed by atoms with Gasteiger partial charge in [0.1, 0.15) is 0 Å². The number of H-pyrrole nitrogens is 2. The van der Waals surface area contributed by atoms with E-state index in [0.29, 0.717) is 17.7 Å². The van der Waals surface area contributed by atoms with Crippen molar-refractivity contribution in [2.45, 2.75) is 58.4 Å². The van der Waals surface area contributed by atoms with Gasteiger partial charge in [0.05, 0.1) is 0 Å². The molecular weight excluding hydrogens is 330 g/mol. The van der Waals surface area contributed by atoms with E-state index < -0.39 is 11.2 Å². The number of aromatic nitrogens is 2. The van der Waals surface area contributed by atoms with Crippen LogP contribution in [0.15, 0.2) is 39.9 Å². The zero-order chi connectivity index (χ0) is 19.3. The molecule has 1 amide bonds. The van der Waals surface area contributed by atoms with Crippen LogP contribution in [0.3, 0.4) is 0 Å². The average molecular weight is 357 g/mol. The number of amides is 1. The van der Waals surface area contributed by atoms with Gasteiger partial charge in [-0.25, -0.2) is 4.79 Å². The van der Waals surface area contributed by atoms with Gasteiger partial charge in [-0.15, -0.1) is 0 Å². The van der Waals surface area contributed by atoms with Gasteiger partial charge in [0.2, 0.25) is 5.91 Å². The molecule has 2 aromatic rings. The summed E-state index contributed by atoms with van der Waals surface area (Å²) in [4.78, 5) is 40.0. The van der Waals surface area contributed by atoms with Gasteiger partial charge in [-0.05, 0) is 37.7 Å². The van der Waals surface area contributed by atoms with E-state index in [0.717, 1.165) is 6.42 Å². The van der Waals surface area contributed by atoms with E-state index in [-0.39, 0.29) is 23.8 Å². The Hall–Kier alpha value is -2.63.